The van der Waals surface area contributed by atoms with E-state index in [0.29, 0.717) is 17.0 Å². The van der Waals surface area contributed by atoms with Gasteiger partial charge in [-0.1, -0.05) is 12.1 Å². The average molecular weight is 357 g/mol. The molecule has 2 aromatic carbocycles. The van der Waals surface area contributed by atoms with Crippen molar-refractivity contribution in [3.63, 3.8) is 0 Å². The van der Waals surface area contributed by atoms with Gasteiger partial charge in [-0.25, -0.2) is 0 Å². The second-order valence-electron chi connectivity index (χ2n) is 5.75. The van der Waals surface area contributed by atoms with Crippen molar-refractivity contribution in [2.75, 3.05) is 26.0 Å². The van der Waals surface area contributed by atoms with Gasteiger partial charge in [-0.15, -0.1) is 0 Å². The van der Waals surface area contributed by atoms with Gasteiger partial charge in [0.2, 0.25) is 5.91 Å². The topological polar surface area (TPSA) is 102 Å². The second-order valence-corrected chi connectivity index (χ2v) is 5.75. The predicted octanol–water partition coefficient (Wildman–Crippen LogP) is 2.24. The molecule has 0 aliphatic rings. The summed E-state index contributed by atoms with van der Waals surface area (Å²) in [7, 11) is 3.30. The van der Waals surface area contributed by atoms with Gasteiger partial charge in [0.05, 0.1) is 11.3 Å². The van der Waals surface area contributed by atoms with Gasteiger partial charge in [-0.05, 0) is 29.8 Å². The van der Waals surface area contributed by atoms with Crippen LogP contribution in [0.4, 0.5) is 11.4 Å². The number of benzene rings is 2. The van der Waals surface area contributed by atoms with Crippen LogP contribution in [0.1, 0.15) is 5.56 Å². The monoisotopic (exact) mass is 357 g/mol. The van der Waals surface area contributed by atoms with Crippen molar-refractivity contribution in [1.29, 1.82) is 0 Å². The van der Waals surface area contributed by atoms with Crippen molar-refractivity contribution in [3.8, 4) is 5.75 Å². The van der Waals surface area contributed by atoms with Crippen LogP contribution in [0.15, 0.2) is 48.5 Å². The fourth-order valence-corrected chi connectivity index (χ4v) is 2.03. The summed E-state index contributed by atoms with van der Waals surface area (Å²) in [6.45, 7) is -0.0567. The molecule has 0 atom stereocenters. The lowest BCUT2D eigenvalue weighted by atomic mass is 10.1. The van der Waals surface area contributed by atoms with E-state index >= 15 is 0 Å². The Kier molecular flexibility index (Phi) is 6.26. The Balaban J connectivity index is 1.86. The number of nitrogens with zero attached hydrogens (tertiary/aromatic N) is 2. The third kappa shape index (κ3) is 5.59. The number of hydrogen-bond donors (Lipinski definition) is 1. The highest BCUT2D eigenvalue weighted by Crippen LogP contribution is 2.17. The molecule has 0 aromatic heterocycles. The highest BCUT2D eigenvalue weighted by atomic mass is 16.6. The zero-order valence-electron chi connectivity index (χ0n) is 14.5. The highest BCUT2D eigenvalue weighted by molar-refractivity contribution is 5.92. The van der Waals surface area contributed by atoms with Crippen molar-refractivity contribution in [2.45, 2.75) is 6.42 Å². The van der Waals surface area contributed by atoms with Gasteiger partial charge in [0.25, 0.3) is 11.6 Å². The SMILES string of the molecule is CN(C)C(=O)COc1ccc(NC(=O)Cc2ccc([N+](=O)[O-])cc2)cc1. The molecule has 26 heavy (non-hydrogen) atoms. The third-order valence-corrected chi connectivity index (χ3v) is 3.51. The van der Waals surface area contributed by atoms with Crippen LogP contribution in [0.2, 0.25) is 0 Å². The molecule has 8 heteroatoms. The normalized spacial score (nSPS) is 10.1. The minimum absolute atomic E-state index is 0.0162. The molecule has 0 aliphatic heterocycles. The lowest BCUT2D eigenvalue weighted by molar-refractivity contribution is -0.384. The smallest absolute Gasteiger partial charge is 0.269 e. The molecular weight excluding hydrogens is 338 g/mol. The number of non-ortho nitro benzene ring substituents is 1. The maximum absolute atomic E-state index is 12.0. The lowest BCUT2D eigenvalue weighted by Gasteiger charge is -2.11. The van der Waals surface area contributed by atoms with Gasteiger partial charge in [-0.3, -0.25) is 19.7 Å². The van der Waals surface area contributed by atoms with Crippen LogP contribution in [0.3, 0.4) is 0 Å². The fourth-order valence-electron chi connectivity index (χ4n) is 2.03. The Hall–Kier alpha value is -3.42. The molecule has 2 rings (SSSR count). The number of nitrogens with one attached hydrogen (secondary N) is 1. The average Bonchev–Trinajstić information content (AvgIpc) is 2.61. The standard InChI is InChI=1S/C18H19N3O5/c1-20(2)18(23)12-26-16-9-5-14(6-10-16)19-17(22)11-13-3-7-15(8-4-13)21(24)25/h3-10H,11-12H2,1-2H3,(H,19,22). The molecule has 1 N–H and O–H groups in total. The molecule has 0 fully saturated rings. The number of amides is 2. The molecule has 2 amide bonds. The van der Waals surface area contributed by atoms with Crippen LogP contribution < -0.4 is 10.1 Å². The first-order valence-corrected chi connectivity index (χ1v) is 7.81. The van der Waals surface area contributed by atoms with E-state index in [1.807, 2.05) is 0 Å². The first kappa shape index (κ1) is 18.9. The molecule has 0 bridgehead atoms. The summed E-state index contributed by atoms with van der Waals surface area (Å²) in [5.41, 5.74) is 1.25. The number of rotatable bonds is 7. The summed E-state index contributed by atoms with van der Waals surface area (Å²) in [6, 6.07) is 12.5. The number of ether oxygens (including phenoxy) is 1. The number of carbonyl (C=O) groups is 2. The van der Waals surface area contributed by atoms with Gasteiger partial charge in [-0.2, -0.15) is 0 Å². The summed E-state index contributed by atoms with van der Waals surface area (Å²) in [4.78, 5) is 35.1. The van der Waals surface area contributed by atoms with E-state index in [4.69, 9.17) is 4.74 Å². The van der Waals surface area contributed by atoms with E-state index in [0.717, 1.165) is 0 Å². The molecule has 0 heterocycles. The fraction of sp³-hybridized carbons (Fsp3) is 0.222. The van der Waals surface area contributed by atoms with Crippen LogP contribution >= 0.6 is 0 Å². The minimum Gasteiger partial charge on any atom is -0.484 e. The highest BCUT2D eigenvalue weighted by Gasteiger charge is 2.08. The van der Waals surface area contributed by atoms with Crippen LogP contribution in [0.5, 0.6) is 5.75 Å². The maximum Gasteiger partial charge on any atom is 0.269 e. The molecule has 0 aliphatic carbocycles. The van der Waals surface area contributed by atoms with Gasteiger partial charge >= 0.3 is 0 Å². The number of likely N-dealkylation sites (N-methyl/N-ethyl adjacent to an activating group) is 1. The first-order chi connectivity index (χ1) is 12.3. The van der Waals surface area contributed by atoms with Crippen LogP contribution in [-0.4, -0.2) is 42.3 Å². The third-order valence-electron chi connectivity index (χ3n) is 3.51. The summed E-state index contributed by atoms with van der Waals surface area (Å²) >= 11 is 0. The summed E-state index contributed by atoms with van der Waals surface area (Å²) in [5.74, 6) is 0.134. The van der Waals surface area contributed by atoms with Crippen LogP contribution in [-0.2, 0) is 16.0 Å². The maximum atomic E-state index is 12.0. The number of carbonyl (C=O) groups excluding carboxylic acids is 2. The second kappa shape index (κ2) is 8.61. The molecular formula is C18H19N3O5. The quantitative estimate of drug-likeness (QED) is 0.605. The summed E-state index contributed by atoms with van der Waals surface area (Å²) in [5, 5.41) is 13.3. The minimum atomic E-state index is -0.487. The van der Waals surface area contributed by atoms with Crippen molar-refractivity contribution < 1.29 is 19.2 Å². The Morgan fingerprint density at radius 2 is 1.69 bits per heavy atom. The molecule has 0 saturated carbocycles. The van der Waals surface area contributed by atoms with Gasteiger partial charge in [0, 0.05) is 31.9 Å². The van der Waals surface area contributed by atoms with Gasteiger partial charge in [0.1, 0.15) is 5.75 Å². The molecule has 0 radical (unpaired) electrons. The Morgan fingerprint density at radius 3 is 2.23 bits per heavy atom. The Labute approximate surface area is 150 Å². The largest absolute Gasteiger partial charge is 0.484 e. The van der Waals surface area contributed by atoms with Crippen molar-refractivity contribution >= 4 is 23.2 Å². The van der Waals surface area contributed by atoms with Crippen molar-refractivity contribution in [3.05, 3.63) is 64.2 Å². The lowest BCUT2D eigenvalue weighted by Crippen LogP contribution is -2.27. The van der Waals surface area contributed by atoms with Gasteiger partial charge < -0.3 is 15.0 Å². The summed E-state index contributed by atoms with van der Waals surface area (Å²) in [6.07, 6.45) is 0.105. The van der Waals surface area contributed by atoms with E-state index in [-0.39, 0.29) is 30.5 Å². The Morgan fingerprint density at radius 1 is 1.08 bits per heavy atom. The van der Waals surface area contributed by atoms with E-state index in [1.165, 1.54) is 17.0 Å². The zero-order valence-corrected chi connectivity index (χ0v) is 14.5. The van der Waals surface area contributed by atoms with Crippen molar-refractivity contribution in [1.82, 2.24) is 4.90 Å². The zero-order chi connectivity index (χ0) is 19.1. The molecule has 0 spiro atoms. The molecule has 2 aromatic rings. The molecule has 0 saturated heterocycles. The number of nitro groups is 1. The number of nitro benzene ring substituents is 1. The molecule has 136 valence electrons. The van der Waals surface area contributed by atoms with Gasteiger partial charge in [0.15, 0.2) is 6.61 Å². The van der Waals surface area contributed by atoms with Crippen LogP contribution in [0.25, 0.3) is 0 Å². The molecule has 0 unspecified atom stereocenters. The van der Waals surface area contributed by atoms with Crippen LogP contribution in [0, 0.1) is 10.1 Å². The summed E-state index contributed by atoms with van der Waals surface area (Å²) < 4.78 is 5.36. The Bertz CT molecular complexity index is 785. The van der Waals surface area contributed by atoms with Crippen molar-refractivity contribution in [2.24, 2.45) is 0 Å². The van der Waals surface area contributed by atoms with E-state index in [9.17, 15) is 19.7 Å². The predicted molar refractivity (Wildman–Crippen MR) is 96.1 cm³/mol. The van der Waals surface area contributed by atoms with E-state index in [1.54, 1.807) is 50.5 Å². The first-order valence-electron chi connectivity index (χ1n) is 7.81. The van der Waals surface area contributed by atoms with E-state index in [2.05, 4.69) is 5.32 Å². The number of anilines is 1. The molecule has 8 nitrogen and oxygen atoms in total. The van der Waals surface area contributed by atoms with E-state index < -0.39 is 4.92 Å². The number of hydrogen-bond acceptors (Lipinski definition) is 5.